The summed E-state index contributed by atoms with van der Waals surface area (Å²) in [5, 5.41) is 161. The van der Waals surface area contributed by atoms with E-state index in [1.807, 2.05) is 0 Å². The van der Waals surface area contributed by atoms with E-state index < -0.39 is 204 Å². The average Bonchev–Trinajstić information content (AvgIpc) is 0.750. The lowest BCUT2D eigenvalue weighted by molar-refractivity contribution is -0.403. The lowest BCUT2D eigenvalue weighted by atomic mass is 9.87. The molecule has 0 saturated carbocycles. The molecule has 4 aliphatic rings. The standard InChI is InChI=1S/C72H130N2O26/c1-5-7-9-11-13-15-17-19-20-21-22-23-24-26-28-30-32-34-36-38-56(84)74-49(50(81)37-35-33-31-29-27-25-18-16-14-12-10-8-6-2)45-93-69-62(89)61(88)64(54(43-77)95-69)97-70-63(90)67(65(55(44-78)96-70)98-68-48(39-46(3)79)58(85)60(87)53(42-76)94-68)100-72(71(91)92)40-51(82)57(73-47(4)80)66(99-72)59(86)52(83)41-75/h19-20,48-55,57-70,75-78,81-83,85-90H,5-18,21-45H2,1-4H3,(H,73,80)(H,74,84)(H,91,92)/b20-19-/t48-,49+,50-,51+,52-,53-,54-,55-,57-,58-,59-,60+,61-,62-,63-,64-,65+,66?,67-,68+,69-,70+,72+/m1/s1. The van der Waals surface area contributed by atoms with Gasteiger partial charge in [0.05, 0.1) is 63.4 Å². The van der Waals surface area contributed by atoms with Gasteiger partial charge in [-0.1, -0.05) is 187 Å². The van der Waals surface area contributed by atoms with Crippen LogP contribution in [-0.2, 0) is 57.1 Å². The van der Waals surface area contributed by atoms with Crippen LogP contribution >= 0.6 is 0 Å². The summed E-state index contributed by atoms with van der Waals surface area (Å²) in [5.74, 6) is -8.51. The van der Waals surface area contributed by atoms with Crippen LogP contribution in [0.3, 0.4) is 0 Å². The smallest absolute Gasteiger partial charge is 0.364 e. The molecule has 0 aromatic heterocycles. The van der Waals surface area contributed by atoms with E-state index >= 15 is 0 Å². The van der Waals surface area contributed by atoms with Crippen LogP contribution in [0.25, 0.3) is 0 Å². The molecule has 2 amide bonds. The fourth-order valence-electron chi connectivity index (χ4n) is 13.8. The highest BCUT2D eigenvalue weighted by Gasteiger charge is 2.61. The molecule has 23 atom stereocenters. The topological polar surface area (TPSA) is 449 Å². The van der Waals surface area contributed by atoms with Gasteiger partial charge in [-0.25, -0.2) is 4.79 Å². The number of amides is 2. The Bertz CT molecular complexity index is 2240. The number of ether oxygens (including phenoxy) is 8. The molecule has 4 rings (SSSR count). The molecule has 4 aliphatic heterocycles. The lowest BCUT2D eigenvalue weighted by Crippen LogP contribution is -2.71. The third-order valence-electron chi connectivity index (χ3n) is 19.8. The Morgan fingerprint density at radius 1 is 0.540 bits per heavy atom. The summed E-state index contributed by atoms with van der Waals surface area (Å²) >= 11 is 0. The van der Waals surface area contributed by atoms with Gasteiger partial charge in [0, 0.05) is 32.1 Å². The Morgan fingerprint density at radius 3 is 1.52 bits per heavy atom. The van der Waals surface area contributed by atoms with Crippen molar-refractivity contribution >= 4 is 23.6 Å². The lowest BCUT2D eigenvalue weighted by Gasteiger charge is -2.52. The maximum absolute atomic E-state index is 13.6. The van der Waals surface area contributed by atoms with E-state index in [0.717, 1.165) is 78.1 Å². The van der Waals surface area contributed by atoms with Gasteiger partial charge in [0.1, 0.15) is 85.1 Å². The number of carbonyl (C=O) groups excluding carboxylic acids is 3. The molecule has 4 fully saturated rings. The number of allylic oxidation sites excluding steroid dienone is 2. The van der Waals surface area contributed by atoms with Crippen molar-refractivity contribution in [3.8, 4) is 0 Å². The van der Waals surface area contributed by atoms with Gasteiger partial charge < -0.3 is 125 Å². The Kier molecular flexibility index (Phi) is 44.4. The van der Waals surface area contributed by atoms with E-state index in [1.165, 1.54) is 116 Å². The Labute approximate surface area is 592 Å². The number of aliphatic hydroxyl groups is 13. The number of aliphatic carboxylic acids is 1. The number of carboxylic acids is 1. The van der Waals surface area contributed by atoms with Crippen molar-refractivity contribution in [3.63, 3.8) is 0 Å². The van der Waals surface area contributed by atoms with Crippen LogP contribution in [0.5, 0.6) is 0 Å². The molecule has 28 nitrogen and oxygen atoms in total. The van der Waals surface area contributed by atoms with E-state index in [2.05, 4.69) is 36.6 Å². The number of carboxylic acid groups (broad SMARTS) is 1. The molecule has 4 heterocycles. The molecule has 0 aromatic rings. The molecule has 28 heteroatoms. The summed E-state index contributed by atoms with van der Waals surface area (Å²) in [4.78, 5) is 52.1. The van der Waals surface area contributed by atoms with Crippen molar-refractivity contribution in [1.29, 1.82) is 0 Å². The van der Waals surface area contributed by atoms with Gasteiger partial charge in [-0.3, -0.25) is 9.59 Å². The second kappa shape index (κ2) is 49.7. The zero-order valence-corrected chi connectivity index (χ0v) is 60.1. The molecular weight excluding hydrogens is 1310 g/mol. The van der Waals surface area contributed by atoms with Crippen LogP contribution in [0.1, 0.15) is 246 Å². The van der Waals surface area contributed by atoms with Crippen LogP contribution < -0.4 is 10.6 Å². The molecule has 0 aromatic carbocycles. The highest BCUT2D eigenvalue weighted by atomic mass is 16.8. The van der Waals surface area contributed by atoms with E-state index in [0.29, 0.717) is 19.3 Å². The third kappa shape index (κ3) is 30.1. The van der Waals surface area contributed by atoms with Crippen molar-refractivity contribution in [2.24, 2.45) is 5.92 Å². The molecule has 100 heavy (non-hydrogen) atoms. The summed E-state index contributed by atoms with van der Waals surface area (Å²) in [7, 11) is 0. The van der Waals surface area contributed by atoms with Gasteiger partial charge in [0.15, 0.2) is 18.9 Å². The van der Waals surface area contributed by atoms with Crippen LogP contribution in [-0.4, -0.2) is 262 Å². The quantitative estimate of drug-likeness (QED) is 0.0304. The van der Waals surface area contributed by atoms with E-state index in [4.69, 9.17) is 37.9 Å². The van der Waals surface area contributed by atoms with Crippen LogP contribution in [0.2, 0.25) is 0 Å². The minimum Gasteiger partial charge on any atom is -0.477 e. The minimum absolute atomic E-state index is 0.183. The van der Waals surface area contributed by atoms with Crippen molar-refractivity contribution in [2.45, 2.75) is 380 Å². The molecule has 4 saturated heterocycles. The maximum Gasteiger partial charge on any atom is 0.364 e. The zero-order chi connectivity index (χ0) is 73.6. The first kappa shape index (κ1) is 89.4. The Hall–Kier alpha value is -3.02. The van der Waals surface area contributed by atoms with Gasteiger partial charge >= 0.3 is 5.97 Å². The predicted molar refractivity (Wildman–Crippen MR) is 365 cm³/mol. The number of carbonyl (C=O) groups is 4. The van der Waals surface area contributed by atoms with Crippen LogP contribution in [0, 0.1) is 5.92 Å². The molecule has 16 N–H and O–H groups in total. The SMILES string of the molecule is CCCCCCCC/C=C\CCCCCCCCCCCC(=O)N[C@@H](CO[C@@H]1O[C@H](CO)[C@@H](O[C@@H]2O[C@H](CO)[C@H](O[C@@H]3O[C@H](CO)[C@H](O)[C@H](O)[C@H]3CC(C)=O)[C@H](O[C@]3(C(=O)O)C[C@H](O)[C@@H](NC(C)=O)C([C@H](O)[C@H](O)CO)O3)[C@H]2O)[C@H](O)[C@H]1O)[C@H](O)CCCCCCCCCCCCCCC. The minimum atomic E-state index is -3.26. The average molecular weight is 1440 g/mol. The number of rotatable bonds is 54. The number of unbranched alkanes of at least 4 members (excludes halogenated alkanes) is 27. The van der Waals surface area contributed by atoms with Crippen molar-refractivity contribution in [1.82, 2.24) is 10.6 Å². The van der Waals surface area contributed by atoms with Crippen LogP contribution in [0.4, 0.5) is 0 Å². The second-order valence-corrected chi connectivity index (χ2v) is 28.2. The highest BCUT2D eigenvalue weighted by molar-refractivity contribution is 5.77. The maximum atomic E-state index is 13.6. The summed E-state index contributed by atoms with van der Waals surface area (Å²) in [6, 6.07) is -2.70. The van der Waals surface area contributed by atoms with Gasteiger partial charge in [-0.2, -0.15) is 0 Å². The normalized spacial score (nSPS) is 31.6. The monoisotopic (exact) mass is 1440 g/mol. The predicted octanol–water partition coefficient (Wildman–Crippen LogP) is 3.78. The number of hydrogen-bond donors (Lipinski definition) is 16. The van der Waals surface area contributed by atoms with Gasteiger partial charge in [0.2, 0.25) is 11.8 Å². The highest BCUT2D eigenvalue weighted by Crippen LogP contribution is 2.41. The zero-order valence-electron chi connectivity index (χ0n) is 60.1. The Morgan fingerprint density at radius 2 is 1.02 bits per heavy atom. The number of aliphatic hydroxyl groups excluding tert-OH is 13. The number of Topliss-reactive ketones (excluding diaryl/α,β-unsaturated/α-hetero) is 1. The van der Waals surface area contributed by atoms with Crippen molar-refractivity contribution < 1.29 is 129 Å². The summed E-state index contributed by atoms with van der Waals surface area (Å²) in [6.45, 7) is 2.00. The largest absolute Gasteiger partial charge is 0.477 e. The summed E-state index contributed by atoms with van der Waals surface area (Å²) in [5.41, 5.74) is 0. The fraction of sp³-hybridized carbons (Fsp3) is 0.917. The second-order valence-electron chi connectivity index (χ2n) is 28.2. The number of ketones is 1. The van der Waals surface area contributed by atoms with Crippen molar-refractivity contribution in [3.05, 3.63) is 12.2 Å². The fourth-order valence-corrected chi connectivity index (χ4v) is 13.8. The van der Waals surface area contributed by atoms with E-state index in [9.17, 15) is 90.7 Å². The first-order valence-electron chi connectivity index (χ1n) is 37.8. The third-order valence-corrected chi connectivity index (χ3v) is 19.8. The van der Waals surface area contributed by atoms with Gasteiger partial charge in [0.25, 0.3) is 5.79 Å². The van der Waals surface area contributed by atoms with Crippen molar-refractivity contribution in [2.75, 3.05) is 33.0 Å². The van der Waals surface area contributed by atoms with Crippen LogP contribution in [0.15, 0.2) is 12.2 Å². The summed E-state index contributed by atoms with van der Waals surface area (Å²) < 4.78 is 48.2. The Balaban J connectivity index is 1.49. The molecule has 0 radical (unpaired) electrons. The van der Waals surface area contributed by atoms with E-state index in [1.54, 1.807) is 0 Å². The first-order valence-corrected chi connectivity index (χ1v) is 37.8. The number of hydrogen-bond acceptors (Lipinski definition) is 25. The summed E-state index contributed by atoms with van der Waals surface area (Å²) in [6.07, 6.45) is 0.518. The molecule has 0 bridgehead atoms. The van der Waals surface area contributed by atoms with Gasteiger partial charge in [-0.15, -0.1) is 0 Å². The first-order chi connectivity index (χ1) is 48.0. The molecule has 584 valence electrons. The molecular formula is C72H130N2O26. The number of nitrogens with one attached hydrogen (secondary N) is 2. The molecule has 1 unspecified atom stereocenters. The molecule has 0 spiro atoms. The van der Waals surface area contributed by atoms with Gasteiger partial charge in [-0.05, 0) is 45.4 Å². The van der Waals surface area contributed by atoms with E-state index in [-0.39, 0.29) is 12.3 Å². The molecule has 0 aliphatic carbocycles.